The Balaban J connectivity index is 1.64. The number of aromatic nitrogens is 1. The van der Waals surface area contributed by atoms with Crippen LogP contribution < -0.4 is 10.1 Å². The molecule has 2 atom stereocenters. The number of fused-ring (bicyclic) bond motifs is 4. The second-order valence-corrected chi connectivity index (χ2v) is 9.37. The fraction of sp³-hybridized carbons (Fsp3) is 0.385. The lowest BCUT2D eigenvalue weighted by Crippen LogP contribution is -2.53. The maximum absolute atomic E-state index is 13.7. The first-order chi connectivity index (χ1) is 17.2. The van der Waals surface area contributed by atoms with Gasteiger partial charge in [0, 0.05) is 29.6 Å². The molecule has 0 unspecified atom stereocenters. The Morgan fingerprint density at radius 2 is 2.06 bits per heavy atom. The molecule has 0 bridgehead atoms. The topological polar surface area (TPSA) is 97.9 Å². The Hall–Kier alpha value is -3.66. The zero-order valence-corrected chi connectivity index (χ0v) is 20.1. The molecule has 2 aliphatic heterocycles. The maximum atomic E-state index is 13.7. The summed E-state index contributed by atoms with van der Waals surface area (Å²) in [6, 6.07) is 10.1. The van der Waals surface area contributed by atoms with Crippen LogP contribution in [0.4, 0.5) is 13.6 Å². The molecule has 3 aromatic rings. The number of nitrogens with zero attached hydrogens (tertiary/aromatic N) is 2. The van der Waals surface area contributed by atoms with E-state index in [1.807, 2.05) is 6.92 Å². The Bertz CT molecular complexity index is 1330. The van der Waals surface area contributed by atoms with Crippen molar-refractivity contribution < 1.29 is 28.2 Å². The first kappa shape index (κ1) is 24.1. The normalized spacial score (nSPS) is 21.4. The van der Waals surface area contributed by atoms with Gasteiger partial charge in [-0.2, -0.15) is 8.78 Å². The van der Waals surface area contributed by atoms with Crippen molar-refractivity contribution in [2.24, 2.45) is 0 Å². The number of imide groups is 1. The number of urea groups is 1. The van der Waals surface area contributed by atoms with Gasteiger partial charge in [0.05, 0.1) is 0 Å². The minimum Gasteiger partial charge on any atom is -0.508 e. The predicted octanol–water partition coefficient (Wildman–Crippen LogP) is 4.14. The summed E-state index contributed by atoms with van der Waals surface area (Å²) in [4.78, 5) is 33.7. The van der Waals surface area contributed by atoms with E-state index in [4.69, 9.17) is 0 Å². The number of benzene rings is 2. The zero-order chi connectivity index (χ0) is 25.6. The van der Waals surface area contributed by atoms with Crippen LogP contribution in [0.15, 0.2) is 42.5 Å². The Labute approximate surface area is 206 Å². The summed E-state index contributed by atoms with van der Waals surface area (Å²) < 4.78 is 30.4. The van der Waals surface area contributed by atoms with Gasteiger partial charge in [-0.05, 0) is 67.9 Å². The number of alkyl halides is 2. The fourth-order valence-corrected chi connectivity index (χ4v) is 5.45. The van der Waals surface area contributed by atoms with Gasteiger partial charge in [0.2, 0.25) is 0 Å². The van der Waals surface area contributed by atoms with E-state index in [-0.39, 0.29) is 30.4 Å². The van der Waals surface area contributed by atoms with Gasteiger partial charge in [0.25, 0.3) is 5.91 Å². The number of aromatic amines is 1. The summed E-state index contributed by atoms with van der Waals surface area (Å²) >= 11 is 0. The minimum absolute atomic E-state index is 0.0136. The van der Waals surface area contributed by atoms with Crippen LogP contribution >= 0.6 is 0 Å². The number of phenolic OH excluding ortho intramolecular Hbond substituents is 1. The van der Waals surface area contributed by atoms with Crippen LogP contribution in [0.5, 0.6) is 11.5 Å². The van der Waals surface area contributed by atoms with Gasteiger partial charge in [-0.1, -0.05) is 19.1 Å². The molecule has 2 aromatic carbocycles. The second-order valence-electron chi connectivity index (χ2n) is 9.37. The first-order valence-electron chi connectivity index (χ1n) is 12.0. The van der Waals surface area contributed by atoms with E-state index in [0.29, 0.717) is 35.1 Å². The van der Waals surface area contributed by atoms with Crippen molar-refractivity contribution in [1.82, 2.24) is 20.1 Å². The molecule has 0 radical (unpaired) electrons. The molecule has 1 saturated heterocycles. The fourth-order valence-electron chi connectivity index (χ4n) is 5.45. The third kappa shape index (κ3) is 3.85. The van der Waals surface area contributed by atoms with Crippen LogP contribution in [-0.4, -0.2) is 63.6 Å². The molecule has 2 aliphatic rings. The first-order valence-corrected chi connectivity index (χ1v) is 12.0. The number of phenols is 1. The van der Waals surface area contributed by atoms with Crippen molar-refractivity contribution in [3.05, 3.63) is 59.3 Å². The lowest BCUT2D eigenvalue weighted by atomic mass is 9.81. The van der Waals surface area contributed by atoms with Gasteiger partial charge >= 0.3 is 12.6 Å². The molecule has 36 heavy (non-hydrogen) atoms. The smallest absolute Gasteiger partial charge is 0.387 e. The van der Waals surface area contributed by atoms with E-state index in [9.17, 15) is 23.5 Å². The van der Waals surface area contributed by atoms with Crippen molar-refractivity contribution in [3.63, 3.8) is 0 Å². The van der Waals surface area contributed by atoms with Gasteiger partial charge in [-0.15, -0.1) is 0 Å². The number of carbonyl (C=O) groups is 2. The number of nitrogens with one attached hydrogen (secondary N) is 2. The molecule has 5 rings (SSSR count). The molecular weight excluding hydrogens is 470 g/mol. The van der Waals surface area contributed by atoms with Crippen molar-refractivity contribution in [2.45, 2.75) is 44.9 Å². The van der Waals surface area contributed by atoms with Crippen LogP contribution in [0.2, 0.25) is 0 Å². The number of rotatable bonds is 8. The Kier molecular flexibility index (Phi) is 6.07. The predicted molar refractivity (Wildman–Crippen MR) is 129 cm³/mol. The minimum atomic E-state index is -2.96. The Morgan fingerprint density at radius 1 is 1.25 bits per heavy atom. The number of hydrogen-bond donors (Lipinski definition) is 3. The largest absolute Gasteiger partial charge is 0.508 e. The number of carbonyl (C=O) groups excluding carboxylic acids is 2. The summed E-state index contributed by atoms with van der Waals surface area (Å²) in [6.45, 7) is 2.53. The number of hydrogen-bond acceptors (Lipinski definition) is 5. The van der Waals surface area contributed by atoms with Gasteiger partial charge in [-0.3, -0.25) is 14.6 Å². The summed E-state index contributed by atoms with van der Waals surface area (Å²) in [5.41, 5.74) is 1.56. The van der Waals surface area contributed by atoms with E-state index < -0.39 is 24.2 Å². The average Bonchev–Trinajstić information content (AvgIpc) is 3.27. The zero-order valence-electron chi connectivity index (χ0n) is 20.1. The third-order valence-electron chi connectivity index (χ3n) is 7.03. The molecular formula is C26H28F2N4O4. The summed E-state index contributed by atoms with van der Waals surface area (Å²) in [6.07, 6.45) is 0.832. The summed E-state index contributed by atoms with van der Waals surface area (Å²) in [5, 5.41) is 14.1. The molecule has 3 amide bonds. The number of halogens is 2. The molecule has 0 saturated carbocycles. The highest BCUT2D eigenvalue weighted by Crippen LogP contribution is 2.49. The molecule has 3 heterocycles. The van der Waals surface area contributed by atoms with Crippen molar-refractivity contribution >= 4 is 22.8 Å². The number of ether oxygens (including phenoxy) is 1. The quantitative estimate of drug-likeness (QED) is 0.320. The molecule has 8 nitrogen and oxygen atoms in total. The van der Waals surface area contributed by atoms with Gasteiger partial charge < -0.3 is 20.1 Å². The third-order valence-corrected chi connectivity index (χ3v) is 7.03. The van der Waals surface area contributed by atoms with Crippen LogP contribution in [0, 0.1) is 0 Å². The van der Waals surface area contributed by atoms with Crippen molar-refractivity contribution in [3.8, 4) is 11.5 Å². The molecule has 0 aliphatic carbocycles. The van der Waals surface area contributed by atoms with Crippen molar-refractivity contribution in [2.75, 3.05) is 19.6 Å². The van der Waals surface area contributed by atoms with E-state index in [1.54, 1.807) is 36.1 Å². The number of aromatic hydroxyl groups is 1. The van der Waals surface area contributed by atoms with Crippen LogP contribution in [0.25, 0.3) is 10.9 Å². The van der Waals surface area contributed by atoms with E-state index in [2.05, 4.69) is 15.0 Å². The Morgan fingerprint density at radius 3 is 2.78 bits per heavy atom. The van der Waals surface area contributed by atoms with Gasteiger partial charge in [0.1, 0.15) is 23.1 Å². The van der Waals surface area contributed by atoms with Crippen LogP contribution in [0.3, 0.4) is 0 Å². The highest BCUT2D eigenvalue weighted by atomic mass is 19.3. The van der Waals surface area contributed by atoms with Crippen LogP contribution in [0.1, 0.15) is 43.1 Å². The highest BCUT2D eigenvalue weighted by Gasteiger charge is 2.60. The summed E-state index contributed by atoms with van der Waals surface area (Å²) in [5.74, 6) is -0.251. The molecule has 0 spiro atoms. The summed E-state index contributed by atoms with van der Waals surface area (Å²) in [7, 11) is 0. The lowest BCUT2D eigenvalue weighted by molar-refractivity contribution is -0.133. The molecule has 3 N–H and O–H groups in total. The van der Waals surface area contributed by atoms with E-state index in [1.165, 1.54) is 23.1 Å². The number of amides is 3. The molecule has 190 valence electrons. The molecule has 1 aromatic heterocycles. The maximum Gasteiger partial charge on any atom is 0.387 e. The van der Waals surface area contributed by atoms with E-state index >= 15 is 0 Å². The molecule has 1 fully saturated rings. The van der Waals surface area contributed by atoms with Gasteiger partial charge in [0.15, 0.2) is 0 Å². The monoisotopic (exact) mass is 498 g/mol. The lowest BCUT2D eigenvalue weighted by Gasteiger charge is -2.42. The van der Waals surface area contributed by atoms with E-state index in [0.717, 1.165) is 12.1 Å². The standard InChI is InChI=1S/C26H28F2N4O4/c1-3-29-10-5-11-31-23(34)26(2)14-19-18-13-17(36-24(27)28)8-9-20(18)30-21(19)22(32(26)25(31)35)15-6-4-7-16(33)12-15/h4,6-9,12-13,22,24,29-30,33H,3,5,10-11,14H2,1-2H3/t22-,26+/m1/s1. The van der Waals surface area contributed by atoms with Crippen LogP contribution in [-0.2, 0) is 11.2 Å². The van der Waals surface area contributed by atoms with Crippen molar-refractivity contribution in [1.29, 1.82) is 0 Å². The average molecular weight is 499 g/mol. The number of H-pyrrole nitrogens is 1. The highest BCUT2D eigenvalue weighted by molar-refractivity contribution is 6.08. The van der Waals surface area contributed by atoms with Gasteiger partial charge in [-0.25, -0.2) is 4.79 Å². The SMILES string of the molecule is CCNCCCN1C(=O)N2[C@H](c3cccc(O)c3)c3[nH]c4ccc(OC(F)F)cc4c3C[C@@]2(C)C1=O. The second kappa shape index (κ2) is 9.09. The molecule has 10 heteroatoms.